The Bertz CT molecular complexity index is 1710. The van der Waals surface area contributed by atoms with E-state index in [0.717, 1.165) is 50.9 Å². The molecule has 5 rings (SSSR count). The Balaban J connectivity index is 1.46. The number of carbonyl (C=O) groups excluding carboxylic acids is 1. The van der Waals surface area contributed by atoms with Gasteiger partial charge in [-0.25, -0.2) is 18.1 Å². The van der Waals surface area contributed by atoms with E-state index in [1.807, 2.05) is 62.4 Å². The van der Waals surface area contributed by atoms with Crippen molar-refractivity contribution in [2.75, 3.05) is 48.8 Å². The number of nitrogens with zero attached hydrogens (tertiary/aromatic N) is 4. The van der Waals surface area contributed by atoms with E-state index in [1.165, 1.54) is 11.8 Å². The van der Waals surface area contributed by atoms with Crippen LogP contribution in [-0.4, -0.2) is 63.4 Å². The van der Waals surface area contributed by atoms with E-state index < -0.39 is 10.0 Å². The molecule has 2 aliphatic rings. The molecule has 1 N–H and O–H groups in total. The molecule has 0 spiro atoms. The first-order chi connectivity index (χ1) is 21.1. The number of fused-ring (bicyclic) bond motifs is 1. The van der Waals surface area contributed by atoms with E-state index in [9.17, 15) is 13.2 Å². The number of nitrogens with one attached hydrogen (secondary N) is 1. The second kappa shape index (κ2) is 14.0. The van der Waals surface area contributed by atoms with Crippen LogP contribution >= 0.6 is 35.1 Å². The topological polar surface area (TPSA) is 85.3 Å². The number of anilines is 2. The molecule has 3 aromatic rings. The van der Waals surface area contributed by atoms with Gasteiger partial charge in [0.1, 0.15) is 9.93 Å². The Hall–Kier alpha value is -2.96. The molecule has 0 atom stereocenters. The van der Waals surface area contributed by atoms with Crippen LogP contribution in [0.5, 0.6) is 0 Å². The fourth-order valence-corrected chi connectivity index (χ4v) is 8.16. The predicted octanol–water partition coefficient (Wildman–Crippen LogP) is 6.63. The summed E-state index contributed by atoms with van der Waals surface area (Å²) in [6.07, 6.45) is 1.87. The average molecular weight is 670 g/mol. The zero-order chi connectivity index (χ0) is 31.4. The van der Waals surface area contributed by atoms with Gasteiger partial charge in [0.2, 0.25) is 10.0 Å². The molecule has 1 saturated heterocycles. The van der Waals surface area contributed by atoms with Gasteiger partial charge in [-0.3, -0.25) is 9.69 Å². The molecule has 8 nitrogen and oxygen atoms in total. The third kappa shape index (κ3) is 7.46. The molecule has 3 aromatic carbocycles. The van der Waals surface area contributed by atoms with Crippen molar-refractivity contribution in [2.24, 2.45) is 4.99 Å². The Labute approximate surface area is 273 Å². The van der Waals surface area contributed by atoms with Crippen molar-refractivity contribution < 1.29 is 13.2 Å². The third-order valence-electron chi connectivity index (χ3n) is 7.39. The second-order valence-electron chi connectivity index (χ2n) is 10.5. The SMILES string of the molecule is CCN(CCNS(C)(=O)=O)c1ccc(N=C2SC(=C3Sc4ccc(Cl)cc4N3CC)C(=O)N2CCc2ccccc2)c(C)c1. The minimum absolute atomic E-state index is 0.0469. The summed E-state index contributed by atoms with van der Waals surface area (Å²) >= 11 is 9.35. The van der Waals surface area contributed by atoms with Gasteiger partial charge in [-0.15, -0.1) is 0 Å². The summed E-state index contributed by atoms with van der Waals surface area (Å²) in [5.41, 5.74) is 4.91. The monoisotopic (exact) mass is 669 g/mol. The summed E-state index contributed by atoms with van der Waals surface area (Å²) in [4.78, 5) is 26.9. The highest BCUT2D eigenvalue weighted by molar-refractivity contribution is 8.19. The molecule has 1 amide bonds. The van der Waals surface area contributed by atoms with Gasteiger partial charge < -0.3 is 9.80 Å². The van der Waals surface area contributed by atoms with Crippen molar-refractivity contribution in [1.29, 1.82) is 0 Å². The largest absolute Gasteiger partial charge is 0.370 e. The molecule has 0 aliphatic carbocycles. The van der Waals surface area contributed by atoms with E-state index in [1.54, 1.807) is 16.7 Å². The summed E-state index contributed by atoms with van der Waals surface area (Å²) in [5, 5.41) is 2.22. The van der Waals surface area contributed by atoms with Crippen LogP contribution in [-0.2, 0) is 21.2 Å². The lowest BCUT2D eigenvalue weighted by Gasteiger charge is -2.24. The number of aliphatic imine (C=N–C) groups is 1. The minimum atomic E-state index is -3.25. The summed E-state index contributed by atoms with van der Waals surface area (Å²) in [7, 11) is -3.25. The van der Waals surface area contributed by atoms with Crippen LogP contribution < -0.4 is 14.5 Å². The molecule has 12 heteroatoms. The van der Waals surface area contributed by atoms with Gasteiger partial charge in [0.05, 0.1) is 17.6 Å². The highest BCUT2D eigenvalue weighted by Gasteiger charge is 2.39. The summed E-state index contributed by atoms with van der Waals surface area (Å²) in [5.74, 6) is -0.0469. The van der Waals surface area contributed by atoms with Crippen molar-refractivity contribution in [3.63, 3.8) is 0 Å². The van der Waals surface area contributed by atoms with E-state index >= 15 is 0 Å². The second-order valence-corrected chi connectivity index (χ2v) is 14.8. The predicted molar refractivity (Wildman–Crippen MR) is 186 cm³/mol. The highest BCUT2D eigenvalue weighted by Crippen LogP contribution is 2.51. The van der Waals surface area contributed by atoms with Crippen LogP contribution in [0.3, 0.4) is 0 Å². The number of halogens is 1. The molecule has 0 aromatic heterocycles. The van der Waals surface area contributed by atoms with Gasteiger partial charge in [-0.1, -0.05) is 53.7 Å². The van der Waals surface area contributed by atoms with Crippen LogP contribution in [0, 0.1) is 6.92 Å². The normalized spacial score (nSPS) is 17.6. The molecule has 1 fully saturated rings. The fraction of sp³-hybridized carbons (Fsp3) is 0.312. The van der Waals surface area contributed by atoms with Crippen LogP contribution in [0.25, 0.3) is 0 Å². The molecular formula is C32H36ClN5O3S3. The first kappa shape index (κ1) is 32.4. The zero-order valence-electron chi connectivity index (χ0n) is 25.2. The summed E-state index contributed by atoms with van der Waals surface area (Å²) in [6, 6.07) is 22.0. The number of benzene rings is 3. The number of aryl methyl sites for hydroxylation is 1. The first-order valence-corrected chi connectivity index (χ1v) is 18.4. The first-order valence-electron chi connectivity index (χ1n) is 14.5. The molecule has 0 unspecified atom stereocenters. The van der Waals surface area contributed by atoms with Crippen LogP contribution in [0.1, 0.15) is 25.0 Å². The molecule has 44 heavy (non-hydrogen) atoms. The number of rotatable bonds is 11. The van der Waals surface area contributed by atoms with E-state index in [2.05, 4.69) is 39.6 Å². The van der Waals surface area contributed by atoms with Gasteiger partial charge in [0.25, 0.3) is 5.91 Å². The maximum Gasteiger partial charge on any atom is 0.269 e. The number of sulfonamides is 1. The highest BCUT2D eigenvalue weighted by atomic mass is 35.5. The van der Waals surface area contributed by atoms with Crippen molar-refractivity contribution in [3.8, 4) is 0 Å². The van der Waals surface area contributed by atoms with E-state index in [-0.39, 0.29) is 5.91 Å². The van der Waals surface area contributed by atoms with Crippen LogP contribution in [0.15, 0.2) is 86.6 Å². The number of amidine groups is 1. The van der Waals surface area contributed by atoms with Crippen molar-refractivity contribution >= 4 is 73.3 Å². The number of likely N-dealkylation sites (N-methyl/N-ethyl adjacent to an activating group) is 1. The zero-order valence-corrected chi connectivity index (χ0v) is 28.4. The summed E-state index contributed by atoms with van der Waals surface area (Å²) in [6.45, 7) is 8.93. The number of thioether (sulfide) groups is 2. The lowest BCUT2D eigenvalue weighted by atomic mass is 10.1. The van der Waals surface area contributed by atoms with Crippen LogP contribution in [0.4, 0.5) is 17.1 Å². The number of hydrogen-bond donors (Lipinski definition) is 1. The van der Waals surface area contributed by atoms with Crippen molar-refractivity contribution in [2.45, 2.75) is 32.1 Å². The molecule has 2 aliphatic heterocycles. The third-order valence-corrected chi connectivity index (χ3v) is 10.7. The quantitative estimate of drug-likeness (QED) is 0.230. The van der Waals surface area contributed by atoms with Crippen molar-refractivity contribution in [1.82, 2.24) is 9.62 Å². The molecule has 2 heterocycles. The van der Waals surface area contributed by atoms with Gasteiger partial charge in [0.15, 0.2) is 5.17 Å². The molecule has 232 valence electrons. The van der Waals surface area contributed by atoms with E-state index in [4.69, 9.17) is 16.6 Å². The molecule has 0 radical (unpaired) electrons. The Morgan fingerprint density at radius 3 is 2.45 bits per heavy atom. The average Bonchev–Trinajstić information content (AvgIpc) is 3.51. The Kier molecular flexibility index (Phi) is 10.3. The molecule has 0 bridgehead atoms. The standard InChI is InChI=1S/C32H36ClN5O3S3/c1-5-36(19-17-34-44(4,40)41)25-13-14-26(22(3)20-25)35-32-38(18-16-23-10-8-7-9-11-23)30(39)29(43-32)31-37(6-2)27-21-24(33)12-15-28(27)42-31/h7-15,20-21,34H,5-6,16-19H2,1-4H3. The maximum atomic E-state index is 14.1. The summed E-state index contributed by atoms with van der Waals surface area (Å²) < 4.78 is 25.6. The van der Waals surface area contributed by atoms with Crippen LogP contribution in [0.2, 0.25) is 5.02 Å². The van der Waals surface area contributed by atoms with Gasteiger partial charge in [-0.05, 0) is 86.5 Å². The number of amides is 1. The lowest BCUT2D eigenvalue weighted by Crippen LogP contribution is -2.34. The maximum absolute atomic E-state index is 14.1. The minimum Gasteiger partial charge on any atom is -0.370 e. The number of carbonyl (C=O) groups is 1. The fourth-order valence-electron chi connectivity index (χ4n) is 5.14. The number of hydrogen-bond acceptors (Lipinski definition) is 8. The van der Waals surface area contributed by atoms with Gasteiger partial charge >= 0.3 is 0 Å². The molecular weight excluding hydrogens is 634 g/mol. The van der Waals surface area contributed by atoms with E-state index in [0.29, 0.717) is 47.7 Å². The lowest BCUT2D eigenvalue weighted by molar-refractivity contribution is -0.122. The Morgan fingerprint density at radius 1 is 1.00 bits per heavy atom. The molecule has 0 saturated carbocycles. The van der Waals surface area contributed by atoms with Gasteiger partial charge in [-0.2, -0.15) is 0 Å². The van der Waals surface area contributed by atoms with Gasteiger partial charge in [0, 0.05) is 48.3 Å². The van der Waals surface area contributed by atoms with Crippen molar-refractivity contribution in [3.05, 3.63) is 92.8 Å². The Morgan fingerprint density at radius 2 is 1.77 bits per heavy atom. The smallest absolute Gasteiger partial charge is 0.269 e.